The minimum atomic E-state index is 0.956. The van der Waals surface area contributed by atoms with Gasteiger partial charge in [0.25, 0.3) is 0 Å². The standard InChI is InChI=1S/C22H26N4OS/c1-17-7-9-18(10-8-17)23-22-24-19(16-28-22)15-25-11-13-26(14-12-25)20-5-3-4-6-21(20)27-2/h3-10,16H,11-15H2,1-2H3,(H,23,24)/p+1. The Kier molecular flexibility index (Phi) is 5.78. The zero-order chi connectivity index (χ0) is 19.3. The number of quaternary nitrogens is 1. The molecule has 1 saturated heterocycles. The van der Waals surface area contributed by atoms with E-state index in [0.29, 0.717) is 0 Å². The Hall–Kier alpha value is -2.57. The summed E-state index contributed by atoms with van der Waals surface area (Å²) >= 11 is 1.68. The van der Waals surface area contributed by atoms with Crippen molar-refractivity contribution in [1.29, 1.82) is 0 Å². The first kappa shape index (κ1) is 18.8. The fourth-order valence-corrected chi connectivity index (χ4v) is 4.32. The van der Waals surface area contributed by atoms with E-state index in [1.807, 2.05) is 12.1 Å². The van der Waals surface area contributed by atoms with E-state index >= 15 is 0 Å². The largest absolute Gasteiger partial charge is 0.495 e. The lowest BCUT2D eigenvalue weighted by Gasteiger charge is -2.34. The Labute approximate surface area is 170 Å². The van der Waals surface area contributed by atoms with Gasteiger partial charge in [0.05, 0.1) is 39.0 Å². The Morgan fingerprint density at radius 3 is 2.61 bits per heavy atom. The summed E-state index contributed by atoms with van der Waals surface area (Å²) in [5.41, 5.74) is 4.72. The Morgan fingerprint density at radius 2 is 1.86 bits per heavy atom. The number of aryl methyl sites for hydroxylation is 1. The van der Waals surface area contributed by atoms with Gasteiger partial charge in [-0.05, 0) is 31.2 Å². The average Bonchev–Trinajstić information content (AvgIpc) is 3.17. The van der Waals surface area contributed by atoms with Crippen LogP contribution in [0.2, 0.25) is 0 Å². The van der Waals surface area contributed by atoms with E-state index < -0.39 is 0 Å². The van der Waals surface area contributed by atoms with Crippen molar-refractivity contribution in [2.24, 2.45) is 0 Å². The molecule has 2 N–H and O–H groups in total. The fraction of sp³-hybridized carbons (Fsp3) is 0.318. The average molecular weight is 396 g/mol. The van der Waals surface area contributed by atoms with Crippen LogP contribution in [0.15, 0.2) is 53.9 Å². The van der Waals surface area contributed by atoms with E-state index in [4.69, 9.17) is 9.72 Å². The highest BCUT2D eigenvalue weighted by atomic mass is 32.1. The highest BCUT2D eigenvalue weighted by molar-refractivity contribution is 7.13. The number of methoxy groups -OCH3 is 1. The summed E-state index contributed by atoms with van der Waals surface area (Å²) in [5.74, 6) is 0.956. The van der Waals surface area contributed by atoms with Gasteiger partial charge in [-0.25, -0.2) is 4.98 Å². The Bertz CT molecular complexity index is 901. The molecule has 0 aliphatic carbocycles. The molecular weight excluding hydrogens is 368 g/mol. The van der Waals surface area contributed by atoms with Crippen molar-refractivity contribution >= 4 is 27.8 Å². The van der Waals surface area contributed by atoms with Crippen LogP contribution in [-0.2, 0) is 6.54 Å². The number of benzene rings is 2. The third-order valence-electron chi connectivity index (χ3n) is 5.18. The topological polar surface area (TPSA) is 41.8 Å². The van der Waals surface area contributed by atoms with Gasteiger partial charge in [-0.1, -0.05) is 29.8 Å². The van der Waals surface area contributed by atoms with Crippen molar-refractivity contribution in [3.05, 3.63) is 65.2 Å². The number of piperazine rings is 1. The molecule has 1 aromatic heterocycles. The highest BCUT2D eigenvalue weighted by Crippen LogP contribution is 2.27. The number of ether oxygens (including phenoxy) is 1. The third-order valence-corrected chi connectivity index (χ3v) is 5.99. The lowest BCUT2D eigenvalue weighted by molar-refractivity contribution is -0.914. The summed E-state index contributed by atoms with van der Waals surface area (Å²) in [6.07, 6.45) is 0. The lowest BCUT2D eigenvalue weighted by Crippen LogP contribution is -3.13. The van der Waals surface area contributed by atoms with Gasteiger partial charge in [0, 0.05) is 11.1 Å². The Morgan fingerprint density at radius 1 is 1.11 bits per heavy atom. The smallest absolute Gasteiger partial charge is 0.187 e. The zero-order valence-corrected chi connectivity index (χ0v) is 17.3. The molecular formula is C22H27N4OS+. The lowest BCUT2D eigenvalue weighted by atomic mass is 10.2. The monoisotopic (exact) mass is 395 g/mol. The van der Waals surface area contributed by atoms with Crippen LogP contribution >= 0.6 is 11.3 Å². The van der Waals surface area contributed by atoms with Crippen LogP contribution in [0.1, 0.15) is 11.3 Å². The number of aromatic nitrogens is 1. The molecule has 6 heteroatoms. The zero-order valence-electron chi connectivity index (χ0n) is 16.4. The predicted molar refractivity (Wildman–Crippen MR) is 116 cm³/mol. The molecule has 1 aliphatic rings. The quantitative estimate of drug-likeness (QED) is 0.673. The molecule has 0 saturated carbocycles. The van der Waals surface area contributed by atoms with E-state index in [1.165, 1.54) is 16.9 Å². The molecule has 1 aliphatic heterocycles. The molecule has 0 bridgehead atoms. The van der Waals surface area contributed by atoms with Crippen molar-refractivity contribution in [1.82, 2.24) is 4.98 Å². The van der Waals surface area contributed by atoms with E-state index in [1.54, 1.807) is 23.3 Å². The molecule has 0 atom stereocenters. The van der Waals surface area contributed by atoms with Crippen molar-refractivity contribution in [2.75, 3.05) is 43.5 Å². The van der Waals surface area contributed by atoms with Gasteiger partial charge in [0.15, 0.2) is 5.13 Å². The van der Waals surface area contributed by atoms with Gasteiger partial charge in [0.1, 0.15) is 18.0 Å². The second-order valence-electron chi connectivity index (χ2n) is 7.22. The first-order valence-corrected chi connectivity index (χ1v) is 10.6. The van der Waals surface area contributed by atoms with Gasteiger partial charge in [-0.3, -0.25) is 0 Å². The first-order valence-electron chi connectivity index (χ1n) is 9.71. The molecule has 4 rings (SSSR count). The molecule has 1 fully saturated rings. The second-order valence-corrected chi connectivity index (χ2v) is 8.08. The molecule has 146 valence electrons. The number of rotatable bonds is 6. The van der Waals surface area contributed by atoms with Crippen LogP contribution in [0.4, 0.5) is 16.5 Å². The minimum Gasteiger partial charge on any atom is -0.495 e. The predicted octanol–water partition coefficient (Wildman–Crippen LogP) is 3.11. The van der Waals surface area contributed by atoms with Gasteiger partial charge in [-0.15, -0.1) is 11.3 Å². The summed E-state index contributed by atoms with van der Waals surface area (Å²) in [6, 6.07) is 16.7. The van der Waals surface area contributed by atoms with Crippen LogP contribution in [-0.4, -0.2) is 38.3 Å². The summed E-state index contributed by atoms with van der Waals surface area (Å²) < 4.78 is 5.52. The van der Waals surface area contributed by atoms with Crippen molar-refractivity contribution in [3.8, 4) is 5.75 Å². The van der Waals surface area contributed by atoms with E-state index in [2.05, 4.69) is 58.9 Å². The summed E-state index contributed by atoms with van der Waals surface area (Å²) in [6.45, 7) is 7.36. The summed E-state index contributed by atoms with van der Waals surface area (Å²) in [7, 11) is 1.74. The van der Waals surface area contributed by atoms with Crippen molar-refractivity contribution in [2.45, 2.75) is 13.5 Å². The van der Waals surface area contributed by atoms with Crippen molar-refractivity contribution in [3.63, 3.8) is 0 Å². The number of nitrogens with one attached hydrogen (secondary N) is 2. The maximum Gasteiger partial charge on any atom is 0.187 e. The molecule has 28 heavy (non-hydrogen) atoms. The number of para-hydroxylation sites is 2. The van der Waals surface area contributed by atoms with Crippen LogP contribution < -0.4 is 19.9 Å². The number of anilines is 3. The van der Waals surface area contributed by atoms with Crippen LogP contribution in [0.3, 0.4) is 0 Å². The number of hydrogen-bond donors (Lipinski definition) is 2. The van der Waals surface area contributed by atoms with Gasteiger partial charge < -0.3 is 19.9 Å². The molecule has 0 unspecified atom stereocenters. The molecule has 2 heterocycles. The SMILES string of the molecule is COc1ccccc1N1CC[NH+](Cc2csc(Nc3ccc(C)cc3)n2)CC1. The molecule has 0 amide bonds. The Balaban J connectivity index is 1.31. The second kappa shape index (κ2) is 8.63. The molecule has 0 spiro atoms. The maximum absolute atomic E-state index is 5.52. The van der Waals surface area contributed by atoms with Crippen LogP contribution in [0.25, 0.3) is 0 Å². The summed E-state index contributed by atoms with van der Waals surface area (Å²) in [4.78, 5) is 8.79. The third kappa shape index (κ3) is 4.46. The van der Waals surface area contributed by atoms with Crippen molar-refractivity contribution < 1.29 is 9.64 Å². The molecule has 3 aromatic rings. The normalized spacial score (nSPS) is 14.9. The van der Waals surface area contributed by atoms with Gasteiger partial charge in [-0.2, -0.15) is 0 Å². The molecule has 2 aromatic carbocycles. The highest BCUT2D eigenvalue weighted by Gasteiger charge is 2.23. The molecule has 0 radical (unpaired) electrons. The van der Waals surface area contributed by atoms with Crippen LogP contribution in [0.5, 0.6) is 5.75 Å². The maximum atomic E-state index is 5.52. The summed E-state index contributed by atoms with van der Waals surface area (Å²) in [5, 5.41) is 6.55. The van der Waals surface area contributed by atoms with Gasteiger partial charge in [0.2, 0.25) is 0 Å². The number of hydrogen-bond acceptors (Lipinski definition) is 5. The first-order chi connectivity index (χ1) is 13.7. The van der Waals surface area contributed by atoms with Crippen LogP contribution in [0, 0.1) is 6.92 Å². The number of nitrogens with zero attached hydrogens (tertiary/aromatic N) is 2. The number of thiazole rings is 1. The van der Waals surface area contributed by atoms with E-state index in [-0.39, 0.29) is 0 Å². The van der Waals surface area contributed by atoms with E-state index in [0.717, 1.165) is 49.3 Å². The fourth-order valence-electron chi connectivity index (χ4n) is 3.59. The minimum absolute atomic E-state index is 0.956. The molecule has 5 nitrogen and oxygen atoms in total. The van der Waals surface area contributed by atoms with Gasteiger partial charge >= 0.3 is 0 Å². The van der Waals surface area contributed by atoms with E-state index in [9.17, 15) is 0 Å².